The van der Waals surface area contributed by atoms with E-state index in [-0.39, 0.29) is 11.7 Å². The number of nitrogens with one attached hydrogen (secondary N) is 1. The van der Waals surface area contributed by atoms with Gasteiger partial charge in [-0.2, -0.15) is 0 Å². The van der Waals surface area contributed by atoms with Crippen molar-refractivity contribution in [2.75, 3.05) is 30.3 Å². The summed E-state index contributed by atoms with van der Waals surface area (Å²) in [7, 11) is -1.58. The minimum absolute atomic E-state index is 0.177. The van der Waals surface area contributed by atoms with E-state index in [2.05, 4.69) is 5.32 Å². The summed E-state index contributed by atoms with van der Waals surface area (Å²) in [5.41, 5.74) is 2.20. The molecule has 138 valence electrons. The Balaban J connectivity index is 1.56. The van der Waals surface area contributed by atoms with Gasteiger partial charge < -0.3 is 10.1 Å². The highest BCUT2D eigenvalue weighted by Gasteiger charge is 2.28. The van der Waals surface area contributed by atoms with Crippen LogP contribution in [0.3, 0.4) is 0 Å². The van der Waals surface area contributed by atoms with E-state index in [1.165, 1.54) is 4.31 Å². The van der Waals surface area contributed by atoms with Gasteiger partial charge in [0.05, 0.1) is 18.6 Å². The van der Waals surface area contributed by atoms with E-state index in [1.54, 1.807) is 31.4 Å². The van der Waals surface area contributed by atoms with Crippen LogP contribution in [0.2, 0.25) is 0 Å². The van der Waals surface area contributed by atoms with Gasteiger partial charge in [-0.15, -0.1) is 0 Å². The Bertz CT molecular complexity index is 879. The second-order valence-corrected chi connectivity index (χ2v) is 8.16. The summed E-state index contributed by atoms with van der Waals surface area (Å²) in [6.07, 6.45) is 1.34. The van der Waals surface area contributed by atoms with E-state index in [9.17, 15) is 13.2 Å². The molecular formula is C19H22N2O4S. The first-order valence-electron chi connectivity index (χ1n) is 8.51. The maximum atomic E-state index is 12.3. The third kappa shape index (κ3) is 4.16. The average Bonchev–Trinajstić information content (AvgIpc) is 3.01. The van der Waals surface area contributed by atoms with Crippen molar-refractivity contribution >= 4 is 21.6 Å². The Morgan fingerprint density at radius 3 is 2.62 bits per heavy atom. The largest absolute Gasteiger partial charge is 0.497 e. The maximum Gasteiger partial charge on any atom is 0.251 e. The normalized spacial score (nSPS) is 15.7. The number of nitrogens with zero attached hydrogens (tertiary/aromatic N) is 1. The fourth-order valence-corrected chi connectivity index (χ4v) is 4.52. The Labute approximate surface area is 153 Å². The lowest BCUT2D eigenvalue weighted by molar-refractivity contribution is 0.0954. The second-order valence-electron chi connectivity index (χ2n) is 6.15. The van der Waals surface area contributed by atoms with Crippen molar-refractivity contribution in [3.63, 3.8) is 0 Å². The number of hydrogen-bond acceptors (Lipinski definition) is 4. The average molecular weight is 374 g/mol. The standard InChI is InChI=1S/C19H22N2O4S/c1-25-18-5-2-4-15(14-18)10-11-20-19(22)16-6-8-17(9-7-16)21-12-3-13-26(21,23)24/h2,4-9,14H,3,10-13H2,1H3,(H,20,22). The summed E-state index contributed by atoms with van der Waals surface area (Å²) >= 11 is 0. The van der Waals surface area contributed by atoms with Gasteiger partial charge in [0, 0.05) is 18.7 Å². The topological polar surface area (TPSA) is 75.7 Å². The Morgan fingerprint density at radius 2 is 1.96 bits per heavy atom. The summed E-state index contributed by atoms with van der Waals surface area (Å²) in [6.45, 7) is 1.00. The molecule has 0 unspecified atom stereocenters. The van der Waals surface area contributed by atoms with Gasteiger partial charge in [0.25, 0.3) is 5.91 Å². The van der Waals surface area contributed by atoms with Crippen molar-refractivity contribution < 1.29 is 17.9 Å². The number of carbonyl (C=O) groups excluding carboxylic acids is 1. The second kappa shape index (κ2) is 7.78. The van der Waals surface area contributed by atoms with Gasteiger partial charge >= 0.3 is 0 Å². The molecule has 7 heteroatoms. The number of benzene rings is 2. The third-order valence-electron chi connectivity index (χ3n) is 4.35. The Hall–Kier alpha value is -2.54. The van der Waals surface area contributed by atoms with Gasteiger partial charge in [-0.3, -0.25) is 9.10 Å². The van der Waals surface area contributed by atoms with E-state index < -0.39 is 10.0 Å². The molecule has 2 aromatic carbocycles. The monoisotopic (exact) mass is 374 g/mol. The maximum absolute atomic E-state index is 12.3. The molecule has 0 spiro atoms. The van der Waals surface area contributed by atoms with E-state index >= 15 is 0 Å². The lowest BCUT2D eigenvalue weighted by atomic mass is 10.1. The number of carbonyl (C=O) groups is 1. The number of amides is 1. The van der Waals surface area contributed by atoms with Crippen molar-refractivity contribution in [1.29, 1.82) is 0 Å². The van der Waals surface area contributed by atoms with Gasteiger partial charge in [0.15, 0.2) is 0 Å². The lowest BCUT2D eigenvalue weighted by Crippen LogP contribution is -2.26. The van der Waals surface area contributed by atoms with Crippen LogP contribution in [0.15, 0.2) is 48.5 Å². The zero-order valence-corrected chi connectivity index (χ0v) is 15.5. The highest BCUT2D eigenvalue weighted by molar-refractivity contribution is 7.93. The van der Waals surface area contributed by atoms with Crippen LogP contribution in [0.5, 0.6) is 5.75 Å². The van der Waals surface area contributed by atoms with E-state index in [1.807, 2.05) is 24.3 Å². The molecule has 1 heterocycles. The number of hydrogen-bond donors (Lipinski definition) is 1. The van der Waals surface area contributed by atoms with E-state index in [0.717, 1.165) is 11.3 Å². The summed E-state index contributed by atoms with van der Waals surface area (Å²) in [5, 5.41) is 2.88. The summed E-state index contributed by atoms with van der Waals surface area (Å²) in [5.74, 6) is 0.796. The van der Waals surface area contributed by atoms with Gasteiger partial charge in [-0.1, -0.05) is 12.1 Å². The van der Waals surface area contributed by atoms with E-state index in [4.69, 9.17) is 4.74 Å². The lowest BCUT2D eigenvalue weighted by Gasteiger charge is -2.17. The molecule has 1 saturated heterocycles. The first-order valence-corrected chi connectivity index (χ1v) is 10.1. The first kappa shape index (κ1) is 18.3. The molecule has 1 fully saturated rings. The molecule has 1 aliphatic rings. The van der Waals surface area contributed by atoms with Crippen LogP contribution in [0.1, 0.15) is 22.3 Å². The van der Waals surface area contributed by atoms with Gasteiger partial charge in [-0.05, 0) is 54.8 Å². The molecule has 1 aliphatic heterocycles. The molecule has 1 amide bonds. The van der Waals surface area contributed by atoms with Gasteiger partial charge in [0.2, 0.25) is 10.0 Å². The number of methoxy groups -OCH3 is 1. The number of sulfonamides is 1. The predicted molar refractivity (Wildman–Crippen MR) is 101 cm³/mol. The van der Waals surface area contributed by atoms with Gasteiger partial charge in [-0.25, -0.2) is 8.42 Å². The molecule has 26 heavy (non-hydrogen) atoms. The molecule has 0 atom stereocenters. The molecule has 0 radical (unpaired) electrons. The summed E-state index contributed by atoms with van der Waals surface area (Å²) in [6, 6.07) is 14.4. The van der Waals surface area contributed by atoms with E-state index in [0.29, 0.717) is 37.2 Å². The highest BCUT2D eigenvalue weighted by atomic mass is 32.2. The van der Waals surface area contributed by atoms with Crippen molar-refractivity contribution in [2.24, 2.45) is 0 Å². The fraction of sp³-hybridized carbons (Fsp3) is 0.316. The van der Waals surface area contributed by atoms with Gasteiger partial charge in [0.1, 0.15) is 5.75 Å². The van der Waals surface area contributed by atoms with Crippen molar-refractivity contribution in [3.05, 3.63) is 59.7 Å². The summed E-state index contributed by atoms with van der Waals surface area (Å²) < 4.78 is 30.5. The van der Waals surface area contributed by atoms with Crippen LogP contribution < -0.4 is 14.4 Å². The molecule has 0 bridgehead atoms. The van der Waals surface area contributed by atoms with Crippen molar-refractivity contribution in [2.45, 2.75) is 12.8 Å². The highest BCUT2D eigenvalue weighted by Crippen LogP contribution is 2.24. The molecule has 6 nitrogen and oxygen atoms in total. The fourth-order valence-electron chi connectivity index (χ4n) is 2.96. The smallest absolute Gasteiger partial charge is 0.251 e. The number of ether oxygens (including phenoxy) is 1. The van der Waals surface area contributed by atoms with Crippen LogP contribution in [-0.4, -0.2) is 40.3 Å². The molecule has 3 rings (SSSR count). The first-order chi connectivity index (χ1) is 12.5. The third-order valence-corrected chi connectivity index (χ3v) is 6.22. The molecule has 0 saturated carbocycles. The summed E-state index contributed by atoms with van der Waals surface area (Å²) in [4.78, 5) is 12.3. The minimum Gasteiger partial charge on any atom is -0.497 e. The Morgan fingerprint density at radius 1 is 1.19 bits per heavy atom. The van der Waals surface area contributed by atoms with Crippen molar-refractivity contribution in [3.8, 4) is 5.75 Å². The zero-order valence-electron chi connectivity index (χ0n) is 14.6. The number of rotatable bonds is 6. The minimum atomic E-state index is -3.20. The molecule has 2 aromatic rings. The van der Waals surface area contributed by atoms with Crippen LogP contribution in [-0.2, 0) is 16.4 Å². The zero-order chi connectivity index (χ0) is 18.6. The number of anilines is 1. The van der Waals surface area contributed by atoms with Crippen LogP contribution in [0.4, 0.5) is 5.69 Å². The van der Waals surface area contributed by atoms with Crippen LogP contribution >= 0.6 is 0 Å². The molecule has 0 aliphatic carbocycles. The quantitative estimate of drug-likeness (QED) is 0.841. The Kier molecular flexibility index (Phi) is 5.46. The predicted octanol–water partition coefficient (Wildman–Crippen LogP) is 2.21. The van der Waals surface area contributed by atoms with Crippen LogP contribution in [0.25, 0.3) is 0 Å². The SMILES string of the molecule is COc1cccc(CCNC(=O)c2ccc(N3CCCS3(=O)=O)cc2)c1. The molecule has 1 N–H and O–H groups in total. The molecular weight excluding hydrogens is 352 g/mol. The molecule has 0 aromatic heterocycles. The van der Waals surface area contributed by atoms with Crippen molar-refractivity contribution in [1.82, 2.24) is 5.32 Å². The van der Waals surface area contributed by atoms with Crippen LogP contribution in [0, 0.1) is 0 Å².